The Balaban J connectivity index is 1.82. The number of aliphatic carboxylic acids is 1. The molecule has 2 heterocycles. The minimum absolute atomic E-state index is 0.283. The Morgan fingerprint density at radius 2 is 2.31 bits per heavy atom. The Morgan fingerprint density at radius 1 is 1.50 bits per heavy atom. The Bertz CT molecular complexity index is 779. The summed E-state index contributed by atoms with van der Waals surface area (Å²) in [4.78, 5) is 13.9. The van der Waals surface area contributed by atoms with E-state index in [2.05, 4.69) is 10.2 Å². The van der Waals surface area contributed by atoms with Crippen LogP contribution in [-0.4, -0.2) is 50.5 Å². The summed E-state index contributed by atoms with van der Waals surface area (Å²) in [6.07, 6.45) is 2.38. The SMILES string of the molecule is CCC[C@@]1(C(=O)O)CN(Cc2cn[nH]c2-c2cccc(F)c2)CC[C@H]1O. The highest BCUT2D eigenvalue weighted by Gasteiger charge is 2.48. The molecule has 3 rings (SSSR count). The fourth-order valence-electron chi connectivity index (χ4n) is 3.87. The van der Waals surface area contributed by atoms with Crippen molar-refractivity contribution in [2.24, 2.45) is 5.41 Å². The van der Waals surface area contributed by atoms with Crippen LogP contribution in [0, 0.1) is 11.2 Å². The van der Waals surface area contributed by atoms with Crippen molar-refractivity contribution in [1.82, 2.24) is 15.1 Å². The molecular weight excluding hydrogens is 337 g/mol. The van der Waals surface area contributed by atoms with E-state index in [9.17, 15) is 19.4 Å². The van der Waals surface area contributed by atoms with Gasteiger partial charge in [0.05, 0.1) is 18.0 Å². The Hall–Kier alpha value is -2.25. The molecule has 0 spiro atoms. The second kappa shape index (κ2) is 7.55. The number of H-pyrrole nitrogens is 1. The summed E-state index contributed by atoms with van der Waals surface area (Å²) in [5.74, 6) is -1.27. The van der Waals surface area contributed by atoms with E-state index in [0.29, 0.717) is 37.9 Å². The smallest absolute Gasteiger partial charge is 0.313 e. The van der Waals surface area contributed by atoms with Crippen LogP contribution in [0.2, 0.25) is 0 Å². The fourth-order valence-corrected chi connectivity index (χ4v) is 3.87. The molecule has 26 heavy (non-hydrogen) atoms. The van der Waals surface area contributed by atoms with Gasteiger partial charge in [0, 0.05) is 30.8 Å². The Kier molecular flexibility index (Phi) is 5.38. The third-order valence-electron chi connectivity index (χ3n) is 5.21. The summed E-state index contributed by atoms with van der Waals surface area (Å²) in [5, 5.41) is 27.1. The lowest BCUT2D eigenvalue weighted by atomic mass is 9.74. The molecule has 1 fully saturated rings. The molecule has 3 N–H and O–H groups in total. The van der Waals surface area contributed by atoms with Crippen LogP contribution in [0.4, 0.5) is 4.39 Å². The molecule has 2 aromatic rings. The molecule has 0 unspecified atom stereocenters. The van der Waals surface area contributed by atoms with E-state index >= 15 is 0 Å². The minimum atomic E-state index is -1.14. The lowest BCUT2D eigenvalue weighted by molar-refractivity contribution is -0.164. The summed E-state index contributed by atoms with van der Waals surface area (Å²) in [6, 6.07) is 6.27. The topological polar surface area (TPSA) is 89.5 Å². The van der Waals surface area contributed by atoms with Crippen molar-refractivity contribution in [1.29, 1.82) is 0 Å². The van der Waals surface area contributed by atoms with E-state index in [-0.39, 0.29) is 12.4 Å². The number of hydrogen-bond acceptors (Lipinski definition) is 4. The van der Waals surface area contributed by atoms with Crippen molar-refractivity contribution < 1.29 is 19.4 Å². The van der Waals surface area contributed by atoms with Crippen LogP contribution in [0.25, 0.3) is 11.3 Å². The van der Waals surface area contributed by atoms with Gasteiger partial charge in [0.15, 0.2) is 0 Å². The molecule has 0 radical (unpaired) electrons. The molecule has 1 aliphatic heterocycles. The number of benzene rings is 1. The van der Waals surface area contributed by atoms with Crippen molar-refractivity contribution in [3.8, 4) is 11.3 Å². The molecule has 1 saturated heterocycles. The van der Waals surface area contributed by atoms with Crippen LogP contribution in [0.5, 0.6) is 0 Å². The van der Waals surface area contributed by atoms with Gasteiger partial charge in [0.2, 0.25) is 0 Å². The van der Waals surface area contributed by atoms with Gasteiger partial charge >= 0.3 is 5.97 Å². The predicted molar refractivity (Wildman–Crippen MR) is 94.9 cm³/mol. The highest BCUT2D eigenvalue weighted by Crippen LogP contribution is 2.36. The number of piperidine rings is 1. The molecule has 1 aliphatic rings. The maximum Gasteiger partial charge on any atom is 0.313 e. The van der Waals surface area contributed by atoms with E-state index in [4.69, 9.17) is 0 Å². The first-order chi connectivity index (χ1) is 12.5. The largest absolute Gasteiger partial charge is 0.481 e. The number of nitrogens with zero attached hydrogens (tertiary/aromatic N) is 2. The van der Waals surface area contributed by atoms with E-state index in [1.165, 1.54) is 12.1 Å². The molecule has 2 atom stereocenters. The molecule has 0 saturated carbocycles. The number of carboxylic acid groups (broad SMARTS) is 1. The van der Waals surface area contributed by atoms with Gasteiger partial charge in [0.25, 0.3) is 0 Å². The van der Waals surface area contributed by atoms with Gasteiger partial charge in [-0.15, -0.1) is 0 Å². The second-order valence-corrected chi connectivity index (χ2v) is 7.01. The number of likely N-dealkylation sites (tertiary alicyclic amines) is 1. The van der Waals surface area contributed by atoms with Gasteiger partial charge in [-0.1, -0.05) is 25.5 Å². The lowest BCUT2D eigenvalue weighted by Crippen LogP contribution is -2.55. The molecule has 0 aliphatic carbocycles. The third kappa shape index (κ3) is 3.50. The van der Waals surface area contributed by atoms with Crippen molar-refractivity contribution in [2.45, 2.75) is 38.8 Å². The number of carbonyl (C=O) groups is 1. The van der Waals surface area contributed by atoms with Crippen molar-refractivity contribution in [3.05, 3.63) is 41.8 Å². The standard InChI is InChI=1S/C19H24FN3O3/c1-2-7-19(18(25)26)12-23(8-6-16(19)24)11-14-10-21-22-17(14)13-4-3-5-15(20)9-13/h3-5,9-10,16,24H,2,6-8,11-12H2,1H3,(H,21,22)(H,25,26)/t16-,19-/m1/s1. The highest BCUT2D eigenvalue weighted by atomic mass is 19.1. The summed E-state index contributed by atoms with van der Waals surface area (Å²) in [6.45, 7) is 3.31. The van der Waals surface area contributed by atoms with Crippen LogP contribution in [0.1, 0.15) is 31.7 Å². The van der Waals surface area contributed by atoms with Crippen molar-refractivity contribution in [2.75, 3.05) is 13.1 Å². The first-order valence-corrected chi connectivity index (χ1v) is 8.88. The summed E-state index contributed by atoms with van der Waals surface area (Å²) >= 11 is 0. The van der Waals surface area contributed by atoms with E-state index in [1.54, 1.807) is 18.3 Å². The lowest BCUT2D eigenvalue weighted by Gasteiger charge is -2.43. The quantitative estimate of drug-likeness (QED) is 0.736. The fraction of sp³-hybridized carbons (Fsp3) is 0.474. The number of nitrogens with one attached hydrogen (secondary N) is 1. The summed E-state index contributed by atoms with van der Waals surface area (Å²) < 4.78 is 13.5. The zero-order valence-corrected chi connectivity index (χ0v) is 14.8. The first-order valence-electron chi connectivity index (χ1n) is 8.88. The molecule has 140 valence electrons. The predicted octanol–water partition coefficient (Wildman–Crippen LogP) is 2.65. The summed E-state index contributed by atoms with van der Waals surface area (Å²) in [7, 11) is 0. The van der Waals surface area contributed by atoms with Crippen LogP contribution < -0.4 is 0 Å². The minimum Gasteiger partial charge on any atom is -0.481 e. The number of carboxylic acids is 1. The Morgan fingerprint density at radius 3 is 3.00 bits per heavy atom. The normalized spacial score (nSPS) is 23.9. The number of aliphatic hydroxyl groups is 1. The van der Waals surface area contributed by atoms with Gasteiger partial charge in [-0.05, 0) is 25.0 Å². The second-order valence-electron chi connectivity index (χ2n) is 7.01. The molecule has 7 heteroatoms. The molecule has 0 amide bonds. The van der Waals surface area contributed by atoms with Crippen LogP contribution in [0.15, 0.2) is 30.5 Å². The molecule has 1 aromatic heterocycles. The molecule has 1 aromatic carbocycles. The summed E-state index contributed by atoms with van der Waals surface area (Å²) in [5.41, 5.74) is 1.16. The number of hydrogen-bond donors (Lipinski definition) is 3. The number of aromatic nitrogens is 2. The van der Waals surface area contributed by atoms with Crippen LogP contribution in [0.3, 0.4) is 0 Å². The number of halogens is 1. The van der Waals surface area contributed by atoms with Crippen LogP contribution in [-0.2, 0) is 11.3 Å². The van der Waals surface area contributed by atoms with E-state index < -0.39 is 17.5 Å². The first kappa shape index (κ1) is 18.5. The zero-order valence-electron chi connectivity index (χ0n) is 14.8. The van der Waals surface area contributed by atoms with E-state index in [0.717, 1.165) is 11.3 Å². The number of aliphatic hydroxyl groups excluding tert-OH is 1. The highest BCUT2D eigenvalue weighted by molar-refractivity contribution is 5.76. The van der Waals surface area contributed by atoms with Crippen molar-refractivity contribution >= 4 is 5.97 Å². The van der Waals surface area contributed by atoms with Gasteiger partial charge in [-0.2, -0.15) is 5.10 Å². The molecule has 0 bridgehead atoms. The van der Waals surface area contributed by atoms with Crippen LogP contribution >= 0.6 is 0 Å². The van der Waals surface area contributed by atoms with Gasteiger partial charge in [-0.3, -0.25) is 14.8 Å². The monoisotopic (exact) mass is 361 g/mol. The maximum atomic E-state index is 13.5. The number of rotatable bonds is 6. The number of aromatic amines is 1. The van der Waals surface area contributed by atoms with Crippen molar-refractivity contribution in [3.63, 3.8) is 0 Å². The van der Waals surface area contributed by atoms with Gasteiger partial charge in [0.1, 0.15) is 11.2 Å². The average molecular weight is 361 g/mol. The average Bonchev–Trinajstić information content (AvgIpc) is 3.06. The van der Waals surface area contributed by atoms with Gasteiger partial charge in [-0.25, -0.2) is 4.39 Å². The molecular formula is C19H24FN3O3. The molecule has 6 nitrogen and oxygen atoms in total. The van der Waals surface area contributed by atoms with E-state index in [1.807, 2.05) is 11.8 Å². The zero-order chi connectivity index (χ0) is 18.7. The maximum absolute atomic E-state index is 13.5. The Labute approximate surface area is 151 Å². The third-order valence-corrected chi connectivity index (χ3v) is 5.21. The van der Waals surface area contributed by atoms with Gasteiger partial charge < -0.3 is 10.2 Å².